The largest absolute Gasteiger partial charge is 0.482 e. The molecule has 2 heterocycles. The molecule has 0 atom stereocenters. The number of anilines is 3. The second kappa shape index (κ2) is 4.93. The van der Waals surface area contributed by atoms with Crippen molar-refractivity contribution in [2.24, 2.45) is 0 Å². The summed E-state index contributed by atoms with van der Waals surface area (Å²) in [4.78, 5) is 18.5. The molecule has 0 saturated carbocycles. The second-order valence-electron chi connectivity index (χ2n) is 4.01. The first-order valence-corrected chi connectivity index (χ1v) is 6.01. The van der Waals surface area contributed by atoms with Crippen molar-refractivity contribution in [2.45, 2.75) is 0 Å². The van der Waals surface area contributed by atoms with Gasteiger partial charge in [0.15, 0.2) is 18.2 Å². The SMILES string of the molecule is O=C1COc2ccc(Nc3nc(Cl)ncc3F)cc2N1. The number of carbonyl (C=O) groups excluding carboxylic acids is 1. The highest BCUT2D eigenvalue weighted by Crippen LogP contribution is 2.31. The molecule has 3 rings (SSSR count). The number of fused-ring (bicyclic) bond motifs is 1. The minimum atomic E-state index is -0.632. The molecule has 0 fully saturated rings. The number of hydrogen-bond donors (Lipinski definition) is 2. The Bertz CT molecular complexity index is 695. The van der Waals surface area contributed by atoms with E-state index in [4.69, 9.17) is 16.3 Å². The Morgan fingerprint density at radius 3 is 3.15 bits per heavy atom. The molecule has 1 aliphatic heterocycles. The maximum Gasteiger partial charge on any atom is 0.262 e. The predicted octanol–water partition coefficient (Wildman–Crippen LogP) is 2.34. The summed E-state index contributed by atoms with van der Waals surface area (Å²) in [6.07, 6.45) is 0.973. The number of rotatable bonds is 2. The Morgan fingerprint density at radius 2 is 2.30 bits per heavy atom. The van der Waals surface area contributed by atoms with Crippen LogP contribution in [0.15, 0.2) is 24.4 Å². The molecular formula is C12H8ClFN4O2. The molecule has 0 bridgehead atoms. The molecule has 102 valence electrons. The Morgan fingerprint density at radius 1 is 1.45 bits per heavy atom. The topological polar surface area (TPSA) is 76.1 Å². The standard InChI is InChI=1S/C12H8ClFN4O2/c13-12-15-4-7(14)11(18-12)16-6-1-2-9-8(3-6)17-10(19)5-20-9/h1-4H,5H2,(H,17,19)(H,15,16,18). The maximum atomic E-state index is 13.5. The average Bonchev–Trinajstić information content (AvgIpc) is 2.42. The van der Waals surface area contributed by atoms with Gasteiger partial charge in [-0.25, -0.2) is 9.37 Å². The summed E-state index contributed by atoms with van der Waals surface area (Å²) in [7, 11) is 0. The number of nitrogens with one attached hydrogen (secondary N) is 2. The van der Waals surface area contributed by atoms with E-state index in [-0.39, 0.29) is 23.6 Å². The monoisotopic (exact) mass is 294 g/mol. The highest BCUT2D eigenvalue weighted by atomic mass is 35.5. The maximum absolute atomic E-state index is 13.5. The van der Waals surface area contributed by atoms with Gasteiger partial charge >= 0.3 is 0 Å². The second-order valence-corrected chi connectivity index (χ2v) is 4.35. The average molecular weight is 295 g/mol. The summed E-state index contributed by atoms with van der Waals surface area (Å²) in [5.74, 6) is -0.373. The summed E-state index contributed by atoms with van der Waals surface area (Å²) in [5.41, 5.74) is 1.04. The molecule has 1 aromatic carbocycles. The number of hydrogen-bond acceptors (Lipinski definition) is 5. The molecular weight excluding hydrogens is 287 g/mol. The minimum Gasteiger partial charge on any atom is -0.482 e. The van der Waals surface area contributed by atoms with Gasteiger partial charge in [-0.15, -0.1) is 0 Å². The molecule has 0 spiro atoms. The summed E-state index contributed by atoms with van der Waals surface area (Å²) in [6.45, 7) is -0.0179. The van der Waals surface area contributed by atoms with Crippen LogP contribution in [0.25, 0.3) is 0 Å². The molecule has 1 amide bonds. The Kier molecular flexibility index (Phi) is 3.11. The Labute approximate surface area is 117 Å². The van der Waals surface area contributed by atoms with E-state index in [1.165, 1.54) is 0 Å². The lowest BCUT2D eigenvalue weighted by molar-refractivity contribution is -0.118. The molecule has 2 N–H and O–H groups in total. The van der Waals surface area contributed by atoms with E-state index < -0.39 is 5.82 Å². The first-order chi connectivity index (χ1) is 9.61. The van der Waals surface area contributed by atoms with E-state index >= 15 is 0 Å². The number of benzene rings is 1. The zero-order valence-electron chi connectivity index (χ0n) is 9.98. The van der Waals surface area contributed by atoms with Gasteiger partial charge in [-0.1, -0.05) is 0 Å². The molecule has 0 aliphatic carbocycles. The molecule has 8 heteroatoms. The van der Waals surface area contributed by atoms with Gasteiger partial charge in [-0.3, -0.25) is 4.79 Å². The van der Waals surface area contributed by atoms with E-state index in [9.17, 15) is 9.18 Å². The van der Waals surface area contributed by atoms with Crippen LogP contribution in [-0.2, 0) is 4.79 Å². The first kappa shape index (κ1) is 12.6. The normalized spacial score (nSPS) is 13.2. The van der Waals surface area contributed by atoms with Crippen molar-refractivity contribution in [1.29, 1.82) is 0 Å². The third-order valence-corrected chi connectivity index (χ3v) is 2.77. The molecule has 2 aromatic rings. The van der Waals surface area contributed by atoms with Gasteiger partial charge in [-0.2, -0.15) is 4.98 Å². The number of amides is 1. The molecule has 1 aromatic heterocycles. The fourth-order valence-corrected chi connectivity index (χ4v) is 1.86. The van der Waals surface area contributed by atoms with E-state index in [0.29, 0.717) is 17.1 Å². The van der Waals surface area contributed by atoms with Gasteiger partial charge in [0, 0.05) is 5.69 Å². The van der Waals surface area contributed by atoms with Gasteiger partial charge in [0.2, 0.25) is 5.28 Å². The van der Waals surface area contributed by atoms with Gasteiger partial charge in [0.1, 0.15) is 5.75 Å². The third kappa shape index (κ3) is 2.48. The van der Waals surface area contributed by atoms with E-state index in [2.05, 4.69) is 20.6 Å². The molecule has 0 radical (unpaired) electrons. The predicted molar refractivity (Wildman–Crippen MR) is 70.8 cm³/mol. The first-order valence-electron chi connectivity index (χ1n) is 5.63. The van der Waals surface area contributed by atoms with Crippen LogP contribution in [0.1, 0.15) is 0 Å². The molecule has 6 nitrogen and oxygen atoms in total. The van der Waals surface area contributed by atoms with Crippen molar-refractivity contribution in [3.63, 3.8) is 0 Å². The van der Waals surface area contributed by atoms with Gasteiger partial charge in [-0.05, 0) is 29.8 Å². The van der Waals surface area contributed by atoms with Crippen LogP contribution in [0.3, 0.4) is 0 Å². The van der Waals surface area contributed by atoms with Crippen LogP contribution in [-0.4, -0.2) is 22.5 Å². The van der Waals surface area contributed by atoms with Crippen molar-refractivity contribution >= 4 is 34.7 Å². The lowest BCUT2D eigenvalue weighted by Crippen LogP contribution is -2.25. The van der Waals surface area contributed by atoms with Crippen molar-refractivity contribution < 1.29 is 13.9 Å². The van der Waals surface area contributed by atoms with Crippen molar-refractivity contribution in [2.75, 3.05) is 17.2 Å². The number of halogens is 2. The molecule has 0 saturated heterocycles. The number of ether oxygens (including phenoxy) is 1. The zero-order valence-corrected chi connectivity index (χ0v) is 10.7. The summed E-state index contributed by atoms with van der Waals surface area (Å²) in [5, 5.41) is 5.35. The smallest absolute Gasteiger partial charge is 0.262 e. The summed E-state index contributed by atoms with van der Waals surface area (Å²) in [6, 6.07) is 4.95. The van der Waals surface area contributed by atoms with Crippen molar-refractivity contribution in [3.8, 4) is 5.75 Å². The number of nitrogens with zero attached hydrogens (tertiary/aromatic N) is 2. The van der Waals surface area contributed by atoms with Crippen LogP contribution in [0.2, 0.25) is 5.28 Å². The van der Waals surface area contributed by atoms with Crippen LogP contribution in [0.5, 0.6) is 5.75 Å². The fraction of sp³-hybridized carbons (Fsp3) is 0.0833. The molecule has 1 aliphatic rings. The summed E-state index contributed by atoms with van der Waals surface area (Å²) >= 11 is 5.61. The lowest BCUT2D eigenvalue weighted by Gasteiger charge is -2.18. The van der Waals surface area contributed by atoms with Gasteiger partial charge < -0.3 is 15.4 Å². The highest BCUT2D eigenvalue weighted by Gasteiger charge is 2.16. The van der Waals surface area contributed by atoms with Gasteiger partial charge in [0.05, 0.1) is 11.9 Å². The Hall–Kier alpha value is -2.41. The van der Waals surface area contributed by atoms with Gasteiger partial charge in [0.25, 0.3) is 5.91 Å². The fourth-order valence-electron chi connectivity index (χ4n) is 1.73. The molecule has 0 unspecified atom stereocenters. The van der Waals surface area contributed by atoms with Crippen LogP contribution < -0.4 is 15.4 Å². The highest BCUT2D eigenvalue weighted by molar-refractivity contribution is 6.28. The van der Waals surface area contributed by atoms with Crippen LogP contribution >= 0.6 is 11.6 Å². The van der Waals surface area contributed by atoms with Crippen LogP contribution in [0.4, 0.5) is 21.6 Å². The quantitative estimate of drug-likeness (QED) is 0.832. The lowest BCUT2D eigenvalue weighted by atomic mass is 10.2. The third-order valence-electron chi connectivity index (χ3n) is 2.59. The zero-order chi connectivity index (χ0) is 14.1. The van der Waals surface area contributed by atoms with Crippen molar-refractivity contribution in [1.82, 2.24) is 9.97 Å². The Balaban J connectivity index is 1.90. The van der Waals surface area contributed by atoms with E-state index in [1.807, 2.05) is 0 Å². The van der Waals surface area contributed by atoms with E-state index in [1.54, 1.807) is 18.2 Å². The van der Waals surface area contributed by atoms with Crippen molar-refractivity contribution in [3.05, 3.63) is 35.5 Å². The summed E-state index contributed by atoms with van der Waals surface area (Å²) < 4.78 is 18.7. The van der Waals surface area contributed by atoms with Crippen LogP contribution in [0, 0.1) is 5.82 Å². The molecule has 20 heavy (non-hydrogen) atoms. The number of carbonyl (C=O) groups is 1. The minimum absolute atomic E-state index is 0.0179. The van der Waals surface area contributed by atoms with E-state index in [0.717, 1.165) is 6.20 Å². The number of aromatic nitrogens is 2.